The lowest BCUT2D eigenvalue weighted by molar-refractivity contribution is -0.137. The van der Waals surface area contributed by atoms with Gasteiger partial charge in [0.05, 0.1) is 18.5 Å². The Balaban J connectivity index is 2.13. The van der Waals surface area contributed by atoms with Crippen LogP contribution in [0.2, 0.25) is 0 Å². The van der Waals surface area contributed by atoms with Gasteiger partial charge < -0.3 is 4.74 Å². The number of fused-ring (bicyclic) bond motifs is 1. The van der Waals surface area contributed by atoms with Crippen LogP contribution in [-0.4, -0.2) is 32.3 Å². The van der Waals surface area contributed by atoms with Crippen LogP contribution in [-0.2, 0) is 16.1 Å². The largest absolute Gasteiger partial charge is 0.463 e. The molecule has 4 aromatic rings. The number of carbonyl (C=O) groups excluding carboxylic acids is 1. The van der Waals surface area contributed by atoms with Crippen LogP contribution in [0.5, 0.6) is 0 Å². The number of carbonyl (C=O) groups is 1. The van der Waals surface area contributed by atoms with Crippen molar-refractivity contribution in [2.45, 2.75) is 27.3 Å². The predicted molar refractivity (Wildman–Crippen MR) is 122 cm³/mol. The molecule has 0 spiro atoms. The van der Waals surface area contributed by atoms with Gasteiger partial charge in [0.2, 0.25) is 0 Å². The van der Waals surface area contributed by atoms with Gasteiger partial charge in [0.1, 0.15) is 5.82 Å². The van der Waals surface area contributed by atoms with Crippen LogP contribution in [0.3, 0.4) is 0 Å². The monoisotopic (exact) mass is 430 g/mol. The molecule has 0 radical (unpaired) electrons. The molecule has 3 heterocycles. The van der Waals surface area contributed by atoms with E-state index in [1.165, 1.54) is 12.1 Å². The molecule has 0 amide bonds. The van der Waals surface area contributed by atoms with Gasteiger partial charge in [-0.1, -0.05) is 18.2 Å². The second-order valence-corrected chi connectivity index (χ2v) is 7.15. The van der Waals surface area contributed by atoms with Crippen molar-refractivity contribution in [1.82, 2.24) is 19.7 Å². The summed E-state index contributed by atoms with van der Waals surface area (Å²) in [6.45, 7) is 6.50. The quantitative estimate of drug-likeness (QED) is 0.310. The number of halogens is 1. The highest BCUT2D eigenvalue weighted by molar-refractivity contribution is 6.03. The Bertz CT molecular complexity index is 1330. The van der Waals surface area contributed by atoms with Gasteiger partial charge >= 0.3 is 5.97 Å². The number of benzene rings is 1. The lowest BCUT2D eigenvalue weighted by atomic mass is 9.92. The van der Waals surface area contributed by atoms with E-state index in [1.807, 2.05) is 26.0 Å². The fourth-order valence-electron chi connectivity index (χ4n) is 3.74. The molecular formula is C25H23FN4O2. The van der Waals surface area contributed by atoms with Crippen LogP contribution >= 0.6 is 0 Å². The van der Waals surface area contributed by atoms with E-state index in [-0.39, 0.29) is 6.61 Å². The van der Waals surface area contributed by atoms with Crippen molar-refractivity contribution in [3.05, 3.63) is 71.9 Å². The molecule has 0 saturated carbocycles. The number of hydrogen-bond donors (Lipinski definition) is 0. The molecule has 4 rings (SSSR count). The Morgan fingerprint density at radius 3 is 2.66 bits per heavy atom. The third-order valence-electron chi connectivity index (χ3n) is 5.20. The molecule has 0 aliphatic carbocycles. The molecule has 0 bridgehead atoms. The van der Waals surface area contributed by atoms with Gasteiger partial charge in [-0.2, -0.15) is 5.10 Å². The molecule has 1 aromatic carbocycles. The van der Waals surface area contributed by atoms with E-state index < -0.39 is 11.8 Å². The molecule has 0 saturated heterocycles. The summed E-state index contributed by atoms with van der Waals surface area (Å²) >= 11 is 0. The van der Waals surface area contributed by atoms with E-state index in [0.29, 0.717) is 29.0 Å². The number of rotatable bonds is 6. The zero-order valence-electron chi connectivity index (χ0n) is 18.2. The van der Waals surface area contributed by atoms with Crippen LogP contribution in [0.1, 0.15) is 25.1 Å². The van der Waals surface area contributed by atoms with Crippen LogP contribution in [0.25, 0.3) is 39.5 Å². The van der Waals surface area contributed by atoms with Gasteiger partial charge in [0, 0.05) is 52.2 Å². The van der Waals surface area contributed by atoms with Crippen LogP contribution in [0.15, 0.2) is 54.9 Å². The highest BCUT2D eigenvalue weighted by atomic mass is 19.1. The Labute approximate surface area is 185 Å². The molecule has 7 heteroatoms. The van der Waals surface area contributed by atoms with Gasteiger partial charge in [-0.05, 0) is 45.0 Å². The molecule has 0 aliphatic heterocycles. The Kier molecular flexibility index (Phi) is 6.07. The first-order valence-electron chi connectivity index (χ1n) is 10.5. The van der Waals surface area contributed by atoms with E-state index in [1.54, 1.807) is 48.3 Å². The number of nitrogens with zero attached hydrogens (tertiary/aromatic N) is 4. The van der Waals surface area contributed by atoms with E-state index in [0.717, 1.165) is 22.2 Å². The summed E-state index contributed by atoms with van der Waals surface area (Å²) in [6, 6.07) is 10.3. The average Bonchev–Trinajstić information content (AvgIpc) is 3.20. The zero-order chi connectivity index (χ0) is 22.7. The van der Waals surface area contributed by atoms with Crippen LogP contribution in [0, 0.1) is 12.7 Å². The Morgan fingerprint density at radius 1 is 1.16 bits per heavy atom. The minimum Gasteiger partial charge on any atom is -0.463 e. The number of esters is 1. The molecule has 162 valence electrons. The van der Waals surface area contributed by atoms with E-state index in [9.17, 15) is 9.18 Å². The summed E-state index contributed by atoms with van der Waals surface area (Å²) in [5.41, 5.74) is 4.44. The van der Waals surface area contributed by atoms with Crippen molar-refractivity contribution >= 4 is 23.1 Å². The van der Waals surface area contributed by atoms with Crippen molar-refractivity contribution in [2.75, 3.05) is 6.61 Å². The summed E-state index contributed by atoms with van der Waals surface area (Å²) in [7, 11) is 0. The maximum absolute atomic E-state index is 14.9. The lowest BCUT2D eigenvalue weighted by Crippen LogP contribution is -2.03. The maximum atomic E-state index is 14.9. The maximum Gasteiger partial charge on any atom is 0.330 e. The molecule has 0 aliphatic rings. The summed E-state index contributed by atoms with van der Waals surface area (Å²) in [5.74, 6) is -0.883. The van der Waals surface area contributed by atoms with Crippen molar-refractivity contribution in [3.63, 3.8) is 0 Å². The van der Waals surface area contributed by atoms with Gasteiger partial charge in [-0.25, -0.2) is 18.9 Å². The van der Waals surface area contributed by atoms with Gasteiger partial charge in [0.25, 0.3) is 0 Å². The van der Waals surface area contributed by atoms with Crippen molar-refractivity contribution in [3.8, 4) is 22.4 Å². The van der Waals surface area contributed by atoms with Gasteiger partial charge in [-0.15, -0.1) is 0 Å². The average molecular weight is 430 g/mol. The van der Waals surface area contributed by atoms with Crippen LogP contribution < -0.4 is 0 Å². The molecule has 0 fully saturated rings. The first kappa shape index (κ1) is 21.4. The smallest absolute Gasteiger partial charge is 0.330 e. The molecule has 6 nitrogen and oxygen atoms in total. The Hall–Kier alpha value is -3.87. The van der Waals surface area contributed by atoms with E-state index in [2.05, 4.69) is 10.1 Å². The lowest BCUT2D eigenvalue weighted by Gasteiger charge is -2.16. The minimum absolute atomic E-state index is 0.262. The molecule has 32 heavy (non-hydrogen) atoms. The molecule has 0 unspecified atom stereocenters. The fourth-order valence-corrected chi connectivity index (χ4v) is 3.74. The number of aromatic nitrogens is 4. The van der Waals surface area contributed by atoms with Crippen molar-refractivity contribution in [2.24, 2.45) is 0 Å². The van der Waals surface area contributed by atoms with Crippen LogP contribution in [0.4, 0.5) is 4.39 Å². The number of aryl methyl sites for hydroxylation is 2. The van der Waals surface area contributed by atoms with Crippen molar-refractivity contribution in [1.29, 1.82) is 0 Å². The fraction of sp³-hybridized carbons (Fsp3) is 0.200. The van der Waals surface area contributed by atoms with Crippen molar-refractivity contribution < 1.29 is 13.9 Å². The summed E-state index contributed by atoms with van der Waals surface area (Å²) in [5, 5.41) is 5.27. The SMILES string of the molecule is CCOC(=O)C=Cc1c(-c2ccccc2F)nc2c(cnn2CC)c1-c1cccnc1C. The molecule has 0 N–H and O–H groups in total. The standard InChI is InChI=1S/C25H23FN4O2/c1-4-30-25-20(15-28-30)23(17-10-8-14-27-16(17)3)19(12-13-22(31)32-5-2)24(29-25)18-9-6-7-11-21(18)26/h6-15H,4-5H2,1-3H3. The third kappa shape index (κ3) is 3.89. The second-order valence-electron chi connectivity index (χ2n) is 7.15. The molecular weight excluding hydrogens is 407 g/mol. The summed E-state index contributed by atoms with van der Waals surface area (Å²) in [6.07, 6.45) is 6.45. The normalized spacial score (nSPS) is 11.4. The van der Waals surface area contributed by atoms with Gasteiger partial charge in [0.15, 0.2) is 5.65 Å². The zero-order valence-corrected chi connectivity index (χ0v) is 18.2. The first-order chi connectivity index (χ1) is 15.5. The van der Waals surface area contributed by atoms with E-state index in [4.69, 9.17) is 9.72 Å². The predicted octanol–water partition coefficient (Wildman–Crippen LogP) is 5.20. The molecule has 0 atom stereocenters. The third-order valence-corrected chi connectivity index (χ3v) is 5.20. The first-order valence-corrected chi connectivity index (χ1v) is 10.5. The Morgan fingerprint density at radius 2 is 1.94 bits per heavy atom. The number of hydrogen-bond acceptors (Lipinski definition) is 5. The van der Waals surface area contributed by atoms with Gasteiger partial charge in [-0.3, -0.25) is 4.98 Å². The topological polar surface area (TPSA) is 69.9 Å². The summed E-state index contributed by atoms with van der Waals surface area (Å²) < 4.78 is 21.7. The molecule has 3 aromatic heterocycles. The highest BCUT2D eigenvalue weighted by Gasteiger charge is 2.22. The highest BCUT2D eigenvalue weighted by Crippen LogP contribution is 2.39. The number of ether oxygens (including phenoxy) is 1. The minimum atomic E-state index is -0.481. The summed E-state index contributed by atoms with van der Waals surface area (Å²) in [4.78, 5) is 21.4. The van der Waals surface area contributed by atoms with E-state index >= 15 is 0 Å². The number of pyridine rings is 2. The second kappa shape index (κ2) is 9.09.